The molecule has 5 nitrogen and oxygen atoms in total. The van der Waals surface area contributed by atoms with E-state index in [2.05, 4.69) is 5.16 Å². The molecule has 1 heterocycles. The van der Waals surface area contributed by atoms with Crippen LogP contribution >= 0.6 is 11.6 Å². The predicted molar refractivity (Wildman–Crippen MR) is 92.5 cm³/mol. The SMILES string of the molecule is C/C(=C(F)\C=C/C(C)C1=NOC([C@H]2CC=CC(Cl)C2)(C(F)(F)F)C1)[N+](=O)[O-]. The molecule has 4 atom stereocenters. The molecular weight excluding hydrogens is 392 g/mol. The van der Waals surface area contributed by atoms with E-state index in [1.165, 1.54) is 13.0 Å². The van der Waals surface area contributed by atoms with Crippen molar-refractivity contribution >= 4 is 17.3 Å². The van der Waals surface area contributed by atoms with Crippen LogP contribution in [0.25, 0.3) is 0 Å². The maximum absolute atomic E-state index is 13.8. The highest BCUT2D eigenvalue weighted by molar-refractivity contribution is 6.21. The van der Waals surface area contributed by atoms with E-state index in [0.29, 0.717) is 0 Å². The number of halogens is 5. The van der Waals surface area contributed by atoms with Gasteiger partial charge >= 0.3 is 6.18 Å². The van der Waals surface area contributed by atoms with Crippen LogP contribution in [0.3, 0.4) is 0 Å². The standard InChI is InChI=1S/C17H19ClF4N2O3/c1-10(6-7-14(19)11(2)24(25)26)15-9-16(27-23-15,17(20,21)22)12-4-3-5-13(18)8-12/h3,5-7,10,12-13H,4,8-9H2,1-2H3/b7-6-,14-11-/t10?,12-,13?,16?/m0/s1. The van der Waals surface area contributed by atoms with Crippen LogP contribution < -0.4 is 0 Å². The zero-order valence-electron chi connectivity index (χ0n) is 14.7. The van der Waals surface area contributed by atoms with Gasteiger partial charge in [-0.3, -0.25) is 10.1 Å². The van der Waals surface area contributed by atoms with Crippen molar-refractivity contribution in [3.63, 3.8) is 0 Å². The number of oxime groups is 1. The van der Waals surface area contributed by atoms with Gasteiger partial charge in [-0.15, -0.1) is 11.6 Å². The smallest absolute Gasteiger partial charge is 0.379 e. The van der Waals surface area contributed by atoms with Crippen LogP contribution in [0, 0.1) is 22.0 Å². The molecule has 0 spiro atoms. The highest BCUT2D eigenvalue weighted by atomic mass is 35.5. The Morgan fingerprint density at radius 1 is 1.56 bits per heavy atom. The molecule has 0 N–H and O–H groups in total. The molecule has 1 aliphatic carbocycles. The number of alkyl halides is 4. The Morgan fingerprint density at radius 2 is 2.22 bits per heavy atom. The number of rotatable bonds is 5. The fraction of sp³-hybridized carbons (Fsp3) is 0.588. The van der Waals surface area contributed by atoms with Gasteiger partial charge in [0.2, 0.25) is 5.60 Å². The minimum absolute atomic E-state index is 0.0933. The van der Waals surface area contributed by atoms with Crippen LogP contribution in [-0.4, -0.2) is 27.8 Å². The molecule has 0 amide bonds. The van der Waals surface area contributed by atoms with Gasteiger partial charge in [0.25, 0.3) is 5.70 Å². The van der Waals surface area contributed by atoms with E-state index in [0.717, 1.165) is 13.0 Å². The first kappa shape index (κ1) is 21.4. The van der Waals surface area contributed by atoms with Crippen molar-refractivity contribution in [1.82, 2.24) is 0 Å². The lowest BCUT2D eigenvalue weighted by Crippen LogP contribution is -2.52. The van der Waals surface area contributed by atoms with Crippen LogP contribution in [0.15, 0.2) is 41.0 Å². The first-order valence-corrected chi connectivity index (χ1v) is 8.73. The average Bonchev–Trinajstić information content (AvgIpc) is 3.05. The van der Waals surface area contributed by atoms with Gasteiger partial charge in [-0.1, -0.05) is 30.3 Å². The maximum Gasteiger partial charge on any atom is 0.431 e. The summed E-state index contributed by atoms with van der Waals surface area (Å²) in [4.78, 5) is 14.6. The molecule has 2 rings (SSSR count). The predicted octanol–water partition coefficient (Wildman–Crippen LogP) is 5.31. The van der Waals surface area contributed by atoms with Gasteiger partial charge in [-0.2, -0.15) is 17.6 Å². The molecule has 3 unspecified atom stereocenters. The Hall–Kier alpha value is -1.90. The van der Waals surface area contributed by atoms with Gasteiger partial charge < -0.3 is 4.84 Å². The van der Waals surface area contributed by atoms with Crippen LogP contribution in [0.1, 0.15) is 33.1 Å². The van der Waals surface area contributed by atoms with E-state index >= 15 is 0 Å². The summed E-state index contributed by atoms with van der Waals surface area (Å²) in [6.07, 6.45) is 0.436. The summed E-state index contributed by atoms with van der Waals surface area (Å²) in [6, 6.07) is 0. The molecular formula is C17H19ClF4N2O3. The summed E-state index contributed by atoms with van der Waals surface area (Å²) >= 11 is 5.98. The van der Waals surface area contributed by atoms with Crippen LogP contribution in [0.5, 0.6) is 0 Å². The first-order valence-electron chi connectivity index (χ1n) is 8.29. The maximum atomic E-state index is 13.8. The van der Waals surface area contributed by atoms with Crippen LogP contribution in [0.2, 0.25) is 0 Å². The zero-order valence-corrected chi connectivity index (χ0v) is 15.4. The van der Waals surface area contributed by atoms with E-state index in [1.54, 1.807) is 12.2 Å². The quantitative estimate of drug-likeness (QED) is 0.154. The summed E-state index contributed by atoms with van der Waals surface area (Å²) in [6.45, 7) is 2.51. The van der Waals surface area contributed by atoms with E-state index < -0.39 is 51.9 Å². The Balaban J connectivity index is 2.19. The number of nitrogens with zero attached hydrogens (tertiary/aromatic N) is 2. The van der Waals surface area contributed by atoms with Crippen molar-refractivity contribution in [2.24, 2.45) is 17.0 Å². The molecule has 0 aromatic rings. The van der Waals surface area contributed by atoms with Crippen molar-refractivity contribution in [1.29, 1.82) is 0 Å². The molecule has 0 fully saturated rings. The third-order valence-corrected chi connectivity index (χ3v) is 5.18. The topological polar surface area (TPSA) is 64.7 Å². The minimum atomic E-state index is -4.67. The summed E-state index contributed by atoms with van der Waals surface area (Å²) < 4.78 is 55.2. The van der Waals surface area contributed by atoms with E-state index in [9.17, 15) is 27.7 Å². The van der Waals surface area contributed by atoms with Crippen molar-refractivity contribution in [3.05, 3.63) is 45.9 Å². The van der Waals surface area contributed by atoms with Crippen LogP contribution in [0.4, 0.5) is 17.6 Å². The summed E-state index contributed by atoms with van der Waals surface area (Å²) in [5.74, 6) is -2.66. The minimum Gasteiger partial charge on any atom is -0.379 e. The Morgan fingerprint density at radius 3 is 2.78 bits per heavy atom. The fourth-order valence-electron chi connectivity index (χ4n) is 3.09. The molecule has 0 aromatic heterocycles. The van der Waals surface area contributed by atoms with Crippen LogP contribution in [-0.2, 0) is 4.84 Å². The first-order chi connectivity index (χ1) is 12.5. The lowest BCUT2D eigenvalue weighted by atomic mass is 9.75. The Kier molecular flexibility index (Phi) is 6.34. The molecule has 10 heteroatoms. The molecule has 150 valence electrons. The van der Waals surface area contributed by atoms with Gasteiger partial charge in [0.15, 0.2) is 5.83 Å². The monoisotopic (exact) mass is 410 g/mol. The van der Waals surface area contributed by atoms with Gasteiger partial charge in [0.1, 0.15) is 0 Å². The Bertz CT molecular complexity index is 717. The van der Waals surface area contributed by atoms with Crippen molar-refractivity contribution in [3.8, 4) is 0 Å². The van der Waals surface area contributed by atoms with E-state index in [4.69, 9.17) is 16.4 Å². The average molecular weight is 411 g/mol. The lowest BCUT2D eigenvalue weighted by molar-refractivity contribution is -0.426. The summed E-state index contributed by atoms with van der Waals surface area (Å²) in [5, 5.41) is 13.6. The second-order valence-corrected chi connectivity index (χ2v) is 7.25. The van der Waals surface area contributed by atoms with Crippen molar-refractivity contribution in [2.45, 2.75) is 50.3 Å². The lowest BCUT2D eigenvalue weighted by Gasteiger charge is -2.38. The molecule has 27 heavy (non-hydrogen) atoms. The molecule has 0 saturated heterocycles. The highest BCUT2D eigenvalue weighted by Crippen LogP contribution is 2.50. The largest absolute Gasteiger partial charge is 0.431 e. The molecule has 2 aliphatic rings. The Labute approximate surface area is 158 Å². The van der Waals surface area contributed by atoms with Crippen molar-refractivity contribution in [2.75, 3.05) is 0 Å². The van der Waals surface area contributed by atoms with Gasteiger partial charge in [-0.25, -0.2) is 0 Å². The molecule has 1 aliphatic heterocycles. The fourth-order valence-corrected chi connectivity index (χ4v) is 3.40. The highest BCUT2D eigenvalue weighted by Gasteiger charge is 2.65. The van der Waals surface area contributed by atoms with Gasteiger partial charge in [0.05, 0.1) is 16.0 Å². The summed E-state index contributed by atoms with van der Waals surface area (Å²) in [7, 11) is 0. The number of allylic oxidation sites excluding steroid dienone is 6. The van der Waals surface area contributed by atoms with Gasteiger partial charge in [-0.05, 0) is 18.9 Å². The number of nitro groups is 1. The van der Waals surface area contributed by atoms with E-state index in [-0.39, 0.29) is 18.6 Å². The summed E-state index contributed by atoms with van der Waals surface area (Å²) in [5.41, 5.74) is -3.07. The third-order valence-electron chi connectivity index (χ3n) is 4.86. The number of hydrogen-bond acceptors (Lipinski definition) is 4. The second-order valence-electron chi connectivity index (χ2n) is 6.69. The van der Waals surface area contributed by atoms with Crippen molar-refractivity contribution < 1.29 is 27.3 Å². The molecule has 0 saturated carbocycles. The molecule has 0 radical (unpaired) electrons. The zero-order chi connectivity index (χ0) is 20.4. The molecule has 0 aromatic carbocycles. The molecule has 0 bridgehead atoms. The normalized spacial score (nSPS) is 30.7. The van der Waals surface area contributed by atoms with E-state index in [1.807, 2.05) is 0 Å². The van der Waals surface area contributed by atoms with Gasteiger partial charge in [0, 0.05) is 25.2 Å². The second kappa shape index (κ2) is 8.00. The third kappa shape index (κ3) is 4.51. The number of hydrogen-bond donors (Lipinski definition) is 0.